The number of halogens is 2. The Bertz CT molecular complexity index is 452. The summed E-state index contributed by atoms with van der Waals surface area (Å²) in [4.78, 5) is 0. The second-order valence-electron chi connectivity index (χ2n) is 2.73. The molecule has 13 heavy (non-hydrogen) atoms. The summed E-state index contributed by atoms with van der Waals surface area (Å²) in [6.07, 6.45) is 0. The third-order valence-electron chi connectivity index (χ3n) is 1.95. The van der Waals surface area contributed by atoms with Crippen LogP contribution in [0.15, 0.2) is 17.5 Å². The van der Waals surface area contributed by atoms with Crippen molar-refractivity contribution in [3.8, 4) is 0 Å². The Hall–Kier alpha value is 0.190. The number of hydrogen-bond acceptors (Lipinski definition) is 2. The zero-order valence-corrected chi connectivity index (χ0v) is 11.2. The normalized spacial score (nSPS) is 10.9. The summed E-state index contributed by atoms with van der Waals surface area (Å²) in [5, 5.41) is 4.12. The Morgan fingerprint density at radius 2 is 2.31 bits per heavy atom. The SMILES string of the molecule is Nc1c(I)c(CBr)cc2sccc12. The molecular formula is C9H7BrINS. The van der Waals surface area contributed by atoms with Gasteiger partial charge in [-0.05, 0) is 45.7 Å². The van der Waals surface area contributed by atoms with Gasteiger partial charge in [0.1, 0.15) is 0 Å². The van der Waals surface area contributed by atoms with E-state index in [2.05, 4.69) is 56.0 Å². The average Bonchev–Trinajstić information content (AvgIpc) is 2.59. The molecule has 0 aliphatic heterocycles. The number of anilines is 1. The summed E-state index contributed by atoms with van der Waals surface area (Å²) in [6.45, 7) is 0. The van der Waals surface area contributed by atoms with Crippen LogP contribution in [-0.4, -0.2) is 0 Å². The van der Waals surface area contributed by atoms with Crippen LogP contribution in [0.2, 0.25) is 0 Å². The Morgan fingerprint density at radius 1 is 1.54 bits per heavy atom. The molecule has 1 heterocycles. The van der Waals surface area contributed by atoms with Crippen molar-refractivity contribution in [3.63, 3.8) is 0 Å². The lowest BCUT2D eigenvalue weighted by atomic mass is 10.1. The van der Waals surface area contributed by atoms with Crippen LogP contribution in [0.4, 0.5) is 5.69 Å². The maximum Gasteiger partial charge on any atom is 0.0541 e. The molecule has 2 aromatic rings. The van der Waals surface area contributed by atoms with Crippen molar-refractivity contribution in [1.82, 2.24) is 0 Å². The molecule has 0 saturated heterocycles. The van der Waals surface area contributed by atoms with E-state index in [0.717, 1.165) is 11.0 Å². The molecule has 0 radical (unpaired) electrons. The number of nitrogen functional groups attached to an aromatic ring is 1. The summed E-state index contributed by atoms with van der Waals surface area (Å²) in [5.41, 5.74) is 8.20. The van der Waals surface area contributed by atoms with E-state index in [0.29, 0.717) is 0 Å². The summed E-state index contributed by atoms with van der Waals surface area (Å²) < 4.78 is 2.44. The Labute approximate surface area is 103 Å². The van der Waals surface area contributed by atoms with Crippen molar-refractivity contribution in [2.24, 2.45) is 0 Å². The number of nitrogens with two attached hydrogens (primary N) is 1. The fourth-order valence-electron chi connectivity index (χ4n) is 1.27. The molecule has 0 amide bonds. The quantitative estimate of drug-likeness (QED) is 0.460. The van der Waals surface area contributed by atoms with Gasteiger partial charge >= 0.3 is 0 Å². The Kier molecular flexibility index (Phi) is 2.80. The first kappa shape index (κ1) is 9.73. The van der Waals surface area contributed by atoms with Crippen LogP contribution in [0.1, 0.15) is 5.56 Å². The molecule has 0 aliphatic carbocycles. The van der Waals surface area contributed by atoms with Gasteiger partial charge in [-0.15, -0.1) is 11.3 Å². The maximum absolute atomic E-state index is 6.02. The first-order valence-corrected chi connectivity index (χ1v) is 6.82. The van der Waals surface area contributed by atoms with Crippen molar-refractivity contribution in [1.29, 1.82) is 0 Å². The number of hydrogen-bond donors (Lipinski definition) is 1. The van der Waals surface area contributed by atoms with Crippen LogP contribution >= 0.6 is 49.9 Å². The van der Waals surface area contributed by atoms with Crippen molar-refractivity contribution < 1.29 is 0 Å². The van der Waals surface area contributed by atoms with Crippen LogP contribution in [0.5, 0.6) is 0 Å². The van der Waals surface area contributed by atoms with Crippen molar-refractivity contribution in [2.45, 2.75) is 5.33 Å². The predicted molar refractivity (Wildman–Crippen MR) is 71.6 cm³/mol. The van der Waals surface area contributed by atoms with Gasteiger partial charge < -0.3 is 5.73 Å². The molecule has 0 saturated carbocycles. The van der Waals surface area contributed by atoms with Gasteiger partial charge in [-0.2, -0.15) is 0 Å². The van der Waals surface area contributed by atoms with Gasteiger partial charge in [0.05, 0.1) is 5.69 Å². The molecule has 0 aliphatic rings. The van der Waals surface area contributed by atoms with Gasteiger partial charge in [0.15, 0.2) is 0 Å². The number of benzene rings is 1. The molecule has 2 N–H and O–H groups in total. The van der Waals surface area contributed by atoms with E-state index in [1.165, 1.54) is 19.2 Å². The van der Waals surface area contributed by atoms with Gasteiger partial charge in [0.25, 0.3) is 0 Å². The van der Waals surface area contributed by atoms with Gasteiger partial charge in [-0.25, -0.2) is 0 Å². The second-order valence-corrected chi connectivity index (χ2v) is 5.32. The van der Waals surface area contributed by atoms with Crippen LogP contribution in [0.25, 0.3) is 10.1 Å². The van der Waals surface area contributed by atoms with Crippen molar-refractivity contribution >= 4 is 65.6 Å². The molecule has 0 bridgehead atoms. The second kappa shape index (κ2) is 3.74. The van der Waals surface area contributed by atoms with Gasteiger partial charge in [0, 0.05) is 19.0 Å². The molecule has 0 atom stereocenters. The topological polar surface area (TPSA) is 26.0 Å². The molecule has 1 nitrogen and oxygen atoms in total. The highest BCUT2D eigenvalue weighted by atomic mass is 127. The minimum Gasteiger partial charge on any atom is -0.397 e. The molecule has 4 heteroatoms. The molecular weight excluding hydrogens is 361 g/mol. The Morgan fingerprint density at radius 3 is 3.00 bits per heavy atom. The van der Waals surface area contributed by atoms with E-state index in [1.54, 1.807) is 11.3 Å². The smallest absolute Gasteiger partial charge is 0.0541 e. The number of fused-ring (bicyclic) bond motifs is 1. The summed E-state index contributed by atoms with van der Waals surface area (Å²) in [7, 11) is 0. The summed E-state index contributed by atoms with van der Waals surface area (Å²) in [6, 6.07) is 4.28. The van der Waals surface area contributed by atoms with Crippen molar-refractivity contribution in [2.75, 3.05) is 5.73 Å². The van der Waals surface area contributed by atoms with Crippen LogP contribution < -0.4 is 5.73 Å². The minimum absolute atomic E-state index is 0.864. The number of thiophene rings is 1. The largest absolute Gasteiger partial charge is 0.397 e. The zero-order chi connectivity index (χ0) is 9.42. The van der Waals surface area contributed by atoms with Gasteiger partial charge in [0.2, 0.25) is 0 Å². The first-order chi connectivity index (χ1) is 6.24. The van der Waals surface area contributed by atoms with Gasteiger partial charge in [-0.3, -0.25) is 0 Å². The first-order valence-electron chi connectivity index (χ1n) is 3.74. The maximum atomic E-state index is 6.02. The number of rotatable bonds is 1. The van der Waals surface area contributed by atoms with E-state index in [-0.39, 0.29) is 0 Å². The molecule has 0 fully saturated rings. The van der Waals surface area contributed by atoms with Crippen molar-refractivity contribution in [3.05, 3.63) is 26.6 Å². The molecule has 1 aromatic heterocycles. The highest BCUT2D eigenvalue weighted by Gasteiger charge is 2.08. The van der Waals surface area contributed by atoms with Gasteiger partial charge in [-0.1, -0.05) is 15.9 Å². The standard InChI is InChI=1S/C9H7BrINS/c10-4-5-3-7-6(1-2-13-7)9(12)8(5)11/h1-3H,4,12H2. The Balaban J connectivity index is 2.83. The fraction of sp³-hybridized carbons (Fsp3) is 0.111. The molecule has 68 valence electrons. The lowest BCUT2D eigenvalue weighted by molar-refractivity contribution is 1.43. The number of alkyl halides is 1. The van der Waals surface area contributed by atoms with E-state index in [1.807, 2.05) is 0 Å². The lowest BCUT2D eigenvalue weighted by Gasteiger charge is -2.05. The fourth-order valence-corrected chi connectivity index (χ4v) is 3.73. The highest BCUT2D eigenvalue weighted by molar-refractivity contribution is 14.1. The zero-order valence-electron chi connectivity index (χ0n) is 6.68. The van der Waals surface area contributed by atoms with E-state index < -0.39 is 0 Å². The van der Waals surface area contributed by atoms with E-state index in [4.69, 9.17) is 5.73 Å². The third-order valence-corrected chi connectivity index (χ3v) is 4.69. The average molecular weight is 368 g/mol. The summed E-state index contributed by atoms with van der Waals surface area (Å²) in [5.74, 6) is 0. The molecule has 1 aromatic carbocycles. The van der Waals surface area contributed by atoms with Crippen LogP contribution in [0, 0.1) is 3.57 Å². The highest BCUT2D eigenvalue weighted by Crippen LogP contribution is 2.33. The minimum atomic E-state index is 0.864. The summed E-state index contributed by atoms with van der Waals surface area (Å²) >= 11 is 7.50. The van der Waals surface area contributed by atoms with Crippen LogP contribution in [0.3, 0.4) is 0 Å². The molecule has 0 unspecified atom stereocenters. The van der Waals surface area contributed by atoms with Crippen LogP contribution in [-0.2, 0) is 5.33 Å². The molecule has 2 rings (SSSR count). The lowest BCUT2D eigenvalue weighted by Crippen LogP contribution is -1.93. The molecule has 0 spiro atoms. The monoisotopic (exact) mass is 367 g/mol. The van der Waals surface area contributed by atoms with E-state index >= 15 is 0 Å². The third kappa shape index (κ3) is 1.59. The predicted octanol–water partition coefficient (Wildman–Crippen LogP) is 3.98. The van der Waals surface area contributed by atoms with E-state index in [9.17, 15) is 0 Å².